The van der Waals surface area contributed by atoms with Gasteiger partial charge in [-0.3, -0.25) is 4.79 Å². The van der Waals surface area contributed by atoms with E-state index in [2.05, 4.69) is 84.9 Å². The lowest BCUT2D eigenvalue weighted by Gasteiger charge is -2.57. The molecule has 8 bridgehead atoms. The van der Waals surface area contributed by atoms with Crippen LogP contribution >= 0.6 is 0 Å². The summed E-state index contributed by atoms with van der Waals surface area (Å²) in [5, 5.41) is 4.62. The SMILES string of the molecule is O=C(C1=Cc2c(ccc3cc(C45CC6CC(CC(C6)C4)C5)ccc23)OC12C=C(c1ccccc1)Oc1ccc3cc(C45CC6CC(CC(C6)C4)C5)ccc3c12)c1ccccc1. The molecule has 16 rings (SSSR count). The molecule has 1 atom stereocenters. The van der Waals surface area contributed by atoms with Crippen molar-refractivity contribution in [3.8, 4) is 11.5 Å². The monoisotopic (exact) mass is 796 g/mol. The molecular formula is C58H52O3. The number of fused-ring (bicyclic) bond motifs is 7. The van der Waals surface area contributed by atoms with Crippen LogP contribution in [-0.2, 0) is 16.4 Å². The number of hydrogen-bond acceptors (Lipinski definition) is 3. The first-order valence-electron chi connectivity index (χ1n) is 23.5. The summed E-state index contributed by atoms with van der Waals surface area (Å²) < 4.78 is 14.6. The number of Topliss-reactive ketones (excluding diaryl/α,β-unsaturated/α-hetero) is 1. The number of rotatable bonds is 5. The fraction of sp³-hybridized carbons (Fsp3) is 0.362. The van der Waals surface area contributed by atoms with Crippen molar-refractivity contribution >= 4 is 39.2 Å². The van der Waals surface area contributed by atoms with Crippen LogP contribution in [0.3, 0.4) is 0 Å². The van der Waals surface area contributed by atoms with Gasteiger partial charge >= 0.3 is 0 Å². The molecule has 61 heavy (non-hydrogen) atoms. The number of benzene rings is 6. The van der Waals surface area contributed by atoms with Crippen LogP contribution in [0.2, 0.25) is 0 Å². The molecule has 0 radical (unpaired) electrons. The van der Waals surface area contributed by atoms with Crippen molar-refractivity contribution in [2.45, 2.75) is 93.5 Å². The van der Waals surface area contributed by atoms with Crippen LogP contribution in [0.1, 0.15) is 115 Å². The molecule has 2 heterocycles. The largest absolute Gasteiger partial charge is 0.473 e. The Kier molecular flexibility index (Phi) is 7.27. The molecule has 302 valence electrons. The molecule has 0 N–H and O–H groups in total. The molecule has 0 saturated heterocycles. The number of ketones is 1. The zero-order valence-electron chi connectivity index (χ0n) is 34.9. The first kappa shape index (κ1) is 35.2. The highest BCUT2D eigenvalue weighted by Crippen LogP contribution is 2.63. The molecule has 6 aromatic carbocycles. The Morgan fingerprint density at radius 2 is 1.03 bits per heavy atom. The minimum atomic E-state index is -1.26. The second kappa shape index (κ2) is 12.6. The van der Waals surface area contributed by atoms with E-state index in [-0.39, 0.29) is 11.2 Å². The molecule has 0 aromatic heterocycles. The first-order valence-corrected chi connectivity index (χ1v) is 23.5. The Bertz CT molecular complexity index is 2830. The second-order valence-corrected chi connectivity index (χ2v) is 21.3. The summed E-state index contributed by atoms with van der Waals surface area (Å²) in [6.45, 7) is 0. The van der Waals surface area contributed by atoms with Crippen molar-refractivity contribution in [1.82, 2.24) is 0 Å². The van der Waals surface area contributed by atoms with Crippen LogP contribution in [0.4, 0.5) is 0 Å². The predicted octanol–water partition coefficient (Wildman–Crippen LogP) is 13.9. The van der Waals surface area contributed by atoms with Crippen molar-refractivity contribution in [3.05, 3.63) is 166 Å². The van der Waals surface area contributed by atoms with Crippen LogP contribution in [0, 0.1) is 35.5 Å². The Morgan fingerprint density at radius 1 is 0.525 bits per heavy atom. The van der Waals surface area contributed by atoms with E-state index >= 15 is 4.79 Å². The van der Waals surface area contributed by atoms with Crippen LogP contribution < -0.4 is 9.47 Å². The summed E-state index contributed by atoms with van der Waals surface area (Å²) in [7, 11) is 0. The fourth-order valence-corrected chi connectivity index (χ4v) is 15.8. The summed E-state index contributed by atoms with van der Waals surface area (Å²) >= 11 is 0. The van der Waals surface area contributed by atoms with Gasteiger partial charge in [0.25, 0.3) is 0 Å². The maximum Gasteiger partial charge on any atom is 0.193 e. The number of ether oxygens (including phenoxy) is 2. The van der Waals surface area contributed by atoms with E-state index in [0.29, 0.717) is 22.3 Å². The Morgan fingerprint density at radius 3 is 1.61 bits per heavy atom. The zero-order valence-corrected chi connectivity index (χ0v) is 34.9. The molecule has 10 aliphatic rings. The normalized spacial score (nSPS) is 33.5. The lowest BCUT2D eigenvalue weighted by Crippen LogP contribution is -2.48. The lowest BCUT2D eigenvalue weighted by atomic mass is 9.48. The average Bonchev–Trinajstić information content (AvgIpc) is 3.27. The van der Waals surface area contributed by atoms with Crippen molar-refractivity contribution < 1.29 is 14.3 Å². The minimum Gasteiger partial charge on any atom is -0.473 e. The van der Waals surface area contributed by atoms with E-state index < -0.39 is 5.60 Å². The number of hydrogen-bond donors (Lipinski definition) is 0. The van der Waals surface area contributed by atoms with E-state index in [1.54, 1.807) is 0 Å². The Balaban J connectivity index is 0.968. The summed E-state index contributed by atoms with van der Waals surface area (Å²) in [5.74, 6) is 7.45. The Hall–Kier alpha value is -5.41. The van der Waals surface area contributed by atoms with Gasteiger partial charge < -0.3 is 9.47 Å². The zero-order chi connectivity index (χ0) is 40.1. The maximum atomic E-state index is 15.4. The average molecular weight is 797 g/mol. The van der Waals surface area contributed by atoms with Gasteiger partial charge in [-0.25, -0.2) is 0 Å². The van der Waals surface area contributed by atoms with Gasteiger partial charge in [0.2, 0.25) is 0 Å². The molecule has 8 fully saturated rings. The van der Waals surface area contributed by atoms with Gasteiger partial charge in [-0.15, -0.1) is 0 Å². The summed E-state index contributed by atoms with van der Waals surface area (Å²) in [6.07, 6.45) is 20.9. The topological polar surface area (TPSA) is 35.5 Å². The van der Waals surface area contributed by atoms with Gasteiger partial charge in [0, 0.05) is 22.8 Å². The minimum absolute atomic E-state index is 0.0351. The van der Waals surface area contributed by atoms with E-state index in [9.17, 15) is 0 Å². The fourth-order valence-electron chi connectivity index (χ4n) is 15.8. The van der Waals surface area contributed by atoms with Gasteiger partial charge in [0.15, 0.2) is 11.4 Å². The molecule has 8 aliphatic carbocycles. The lowest BCUT2D eigenvalue weighted by molar-refractivity contribution is -0.00525. The highest BCUT2D eigenvalue weighted by Gasteiger charge is 2.54. The molecule has 3 heteroatoms. The van der Waals surface area contributed by atoms with E-state index in [1.807, 2.05) is 48.5 Å². The maximum absolute atomic E-state index is 15.4. The van der Waals surface area contributed by atoms with E-state index in [1.165, 1.54) is 98.9 Å². The summed E-state index contributed by atoms with van der Waals surface area (Å²) in [4.78, 5) is 15.4. The highest BCUT2D eigenvalue weighted by atomic mass is 16.5. The van der Waals surface area contributed by atoms with Gasteiger partial charge in [-0.2, -0.15) is 0 Å². The summed E-state index contributed by atoms with van der Waals surface area (Å²) in [6, 6.07) is 43.4. The third-order valence-electron chi connectivity index (χ3n) is 17.5. The first-order chi connectivity index (χ1) is 29.9. The third-order valence-corrected chi connectivity index (χ3v) is 17.5. The molecule has 6 aromatic rings. The molecule has 2 aliphatic heterocycles. The number of carbonyl (C=O) groups is 1. The van der Waals surface area contributed by atoms with Crippen molar-refractivity contribution in [3.63, 3.8) is 0 Å². The van der Waals surface area contributed by atoms with E-state index in [4.69, 9.17) is 9.47 Å². The van der Waals surface area contributed by atoms with E-state index in [0.717, 1.165) is 74.5 Å². The smallest absolute Gasteiger partial charge is 0.193 e. The van der Waals surface area contributed by atoms with Crippen LogP contribution in [-0.4, -0.2) is 5.78 Å². The molecule has 3 nitrogen and oxygen atoms in total. The van der Waals surface area contributed by atoms with Crippen LogP contribution in [0.15, 0.2) is 133 Å². The van der Waals surface area contributed by atoms with Crippen molar-refractivity contribution in [2.75, 3.05) is 0 Å². The quantitative estimate of drug-likeness (QED) is 0.163. The number of carbonyl (C=O) groups excluding carboxylic acids is 1. The van der Waals surface area contributed by atoms with Gasteiger partial charge in [0.1, 0.15) is 17.3 Å². The molecule has 1 unspecified atom stereocenters. The molecule has 0 amide bonds. The molecule has 8 saturated carbocycles. The summed E-state index contributed by atoms with van der Waals surface area (Å²) in [5.41, 5.74) is 6.43. The van der Waals surface area contributed by atoms with Crippen LogP contribution in [0.25, 0.3) is 33.4 Å². The standard InChI is InChI=1S/C58H52O3/c59-55(42-9-5-2-6-10-42)50-27-49-47-15-13-45(56-28-35-19-36(29-56)21-37(20-35)30-56)25-43(47)11-17-51(49)61-58(50)34-53(41-7-3-1-4-8-41)60-52-18-12-44-26-46(14-16-48(44)54(52)58)57-31-38-22-39(32-57)24-40(23-38)33-57/h1-18,25-27,34-40H,19-24,28-33H2. The third kappa shape index (κ3) is 5.19. The van der Waals surface area contributed by atoms with Gasteiger partial charge in [0.05, 0.1) is 11.1 Å². The van der Waals surface area contributed by atoms with Gasteiger partial charge in [-0.1, -0.05) is 109 Å². The van der Waals surface area contributed by atoms with Crippen molar-refractivity contribution in [2.24, 2.45) is 35.5 Å². The van der Waals surface area contributed by atoms with Crippen LogP contribution in [0.5, 0.6) is 11.5 Å². The predicted molar refractivity (Wildman–Crippen MR) is 244 cm³/mol. The highest BCUT2D eigenvalue weighted by molar-refractivity contribution is 6.16. The Labute approximate surface area is 358 Å². The van der Waals surface area contributed by atoms with Gasteiger partial charge in [-0.05, 0) is 174 Å². The second-order valence-electron chi connectivity index (χ2n) is 21.3. The molecule has 1 spiro atoms. The van der Waals surface area contributed by atoms with Crippen molar-refractivity contribution in [1.29, 1.82) is 0 Å². The molecular weight excluding hydrogens is 745 g/mol.